The Morgan fingerprint density at radius 2 is 2.33 bits per heavy atom. The molecule has 2 rings (SSSR count). The number of rotatable bonds is 2. The van der Waals surface area contributed by atoms with Crippen LogP contribution in [0.15, 0.2) is 29.4 Å². The van der Waals surface area contributed by atoms with Gasteiger partial charge in [0.05, 0.1) is 0 Å². The number of carbonyl (C=O) groups is 2. The van der Waals surface area contributed by atoms with Crippen LogP contribution in [0.2, 0.25) is 0 Å². The SMILES string of the molecule is C[C@@]1(CC(=O)[O-])C(=O)N=C2C=CC=CN21. The van der Waals surface area contributed by atoms with Crippen LogP contribution in [-0.2, 0) is 9.59 Å². The first-order valence-corrected chi connectivity index (χ1v) is 4.51. The van der Waals surface area contributed by atoms with E-state index in [1.807, 2.05) is 0 Å². The lowest BCUT2D eigenvalue weighted by Crippen LogP contribution is -2.50. The van der Waals surface area contributed by atoms with E-state index >= 15 is 0 Å². The maximum atomic E-state index is 11.6. The van der Waals surface area contributed by atoms with Gasteiger partial charge in [0.15, 0.2) is 0 Å². The molecule has 0 radical (unpaired) electrons. The van der Waals surface area contributed by atoms with Gasteiger partial charge in [-0.2, -0.15) is 4.99 Å². The number of amidine groups is 1. The second-order valence-electron chi connectivity index (χ2n) is 3.67. The van der Waals surface area contributed by atoms with Crippen molar-refractivity contribution < 1.29 is 14.7 Å². The predicted octanol–water partition coefficient (Wildman–Crippen LogP) is -0.791. The summed E-state index contributed by atoms with van der Waals surface area (Å²) in [4.78, 5) is 27.6. The lowest BCUT2D eigenvalue weighted by molar-refractivity contribution is -0.307. The summed E-state index contributed by atoms with van der Waals surface area (Å²) in [7, 11) is 0. The first-order valence-electron chi connectivity index (χ1n) is 4.51. The number of carboxylic acids is 1. The van der Waals surface area contributed by atoms with E-state index in [0.717, 1.165) is 0 Å². The minimum atomic E-state index is -1.26. The van der Waals surface area contributed by atoms with Gasteiger partial charge in [0.25, 0.3) is 5.91 Å². The third kappa shape index (κ3) is 1.36. The zero-order chi connectivity index (χ0) is 11.1. The number of amides is 1. The highest BCUT2D eigenvalue weighted by molar-refractivity contribution is 6.12. The van der Waals surface area contributed by atoms with Crippen LogP contribution >= 0.6 is 0 Å². The molecule has 78 valence electrons. The molecular formula is C10H9N2O3-. The standard InChI is InChI=1S/C10H10N2O3/c1-10(6-8(13)14)9(15)11-7-4-2-3-5-12(7)10/h2-5H,6H2,1H3,(H,13,14)/p-1/t10-/m1/s1. The van der Waals surface area contributed by atoms with Crippen molar-refractivity contribution >= 4 is 17.7 Å². The number of carbonyl (C=O) groups excluding carboxylic acids is 2. The van der Waals surface area contributed by atoms with Crippen LogP contribution in [0.25, 0.3) is 0 Å². The molecule has 2 aliphatic rings. The number of fused-ring (bicyclic) bond motifs is 1. The maximum absolute atomic E-state index is 11.6. The van der Waals surface area contributed by atoms with Gasteiger partial charge < -0.3 is 14.8 Å². The molecule has 2 heterocycles. The molecule has 5 heteroatoms. The molecule has 1 atom stereocenters. The third-order valence-electron chi connectivity index (χ3n) is 2.54. The fraction of sp³-hybridized carbons (Fsp3) is 0.300. The van der Waals surface area contributed by atoms with Crippen molar-refractivity contribution in [3.8, 4) is 0 Å². The van der Waals surface area contributed by atoms with Gasteiger partial charge in [0.1, 0.15) is 11.4 Å². The third-order valence-corrected chi connectivity index (χ3v) is 2.54. The van der Waals surface area contributed by atoms with Crippen molar-refractivity contribution in [2.24, 2.45) is 4.99 Å². The molecule has 0 unspecified atom stereocenters. The second kappa shape index (κ2) is 3.05. The van der Waals surface area contributed by atoms with Gasteiger partial charge in [-0.05, 0) is 19.1 Å². The highest BCUT2D eigenvalue weighted by Crippen LogP contribution is 2.29. The van der Waals surface area contributed by atoms with Crippen molar-refractivity contribution in [2.75, 3.05) is 0 Å². The largest absolute Gasteiger partial charge is 0.550 e. The highest BCUT2D eigenvalue weighted by Gasteiger charge is 2.45. The average molecular weight is 205 g/mol. The van der Waals surface area contributed by atoms with E-state index in [1.54, 1.807) is 36.3 Å². The molecule has 5 nitrogen and oxygen atoms in total. The Morgan fingerprint density at radius 1 is 1.60 bits per heavy atom. The summed E-state index contributed by atoms with van der Waals surface area (Å²) in [6, 6.07) is 0. The molecule has 15 heavy (non-hydrogen) atoms. The first kappa shape index (κ1) is 9.64. The summed E-state index contributed by atoms with van der Waals surface area (Å²) < 4.78 is 0. The van der Waals surface area contributed by atoms with Gasteiger partial charge in [-0.1, -0.05) is 6.08 Å². The molecule has 0 spiro atoms. The minimum absolute atomic E-state index is 0.364. The van der Waals surface area contributed by atoms with Crippen molar-refractivity contribution in [1.29, 1.82) is 0 Å². The zero-order valence-corrected chi connectivity index (χ0v) is 8.14. The molecular weight excluding hydrogens is 196 g/mol. The van der Waals surface area contributed by atoms with Gasteiger partial charge in [-0.3, -0.25) is 4.79 Å². The normalized spacial score (nSPS) is 27.9. The van der Waals surface area contributed by atoms with Gasteiger partial charge in [-0.15, -0.1) is 0 Å². The monoisotopic (exact) mass is 205 g/mol. The summed E-state index contributed by atoms with van der Waals surface area (Å²) in [5.41, 5.74) is -1.14. The Labute approximate surface area is 86.4 Å². The van der Waals surface area contributed by atoms with Crippen LogP contribution in [0, 0.1) is 0 Å². The van der Waals surface area contributed by atoms with Gasteiger partial charge in [0, 0.05) is 18.6 Å². The van der Waals surface area contributed by atoms with Gasteiger partial charge in [-0.25, -0.2) is 0 Å². The van der Waals surface area contributed by atoms with E-state index in [9.17, 15) is 14.7 Å². The number of carboxylic acid groups (broad SMARTS) is 1. The summed E-state index contributed by atoms with van der Waals surface area (Å²) in [5, 5.41) is 10.6. The summed E-state index contributed by atoms with van der Waals surface area (Å²) >= 11 is 0. The molecule has 0 aromatic rings. The van der Waals surface area contributed by atoms with Crippen molar-refractivity contribution in [3.05, 3.63) is 24.4 Å². The smallest absolute Gasteiger partial charge is 0.273 e. The average Bonchev–Trinajstić information content (AvgIpc) is 2.39. The second-order valence-corrected chi connectivity index (χ2v) is 3.67. The Morgan fingerprint density at radius 3 is 3.00 bits per heavy atom. The van der Waals surface area contributed by atoms with Crippen LogP contribution in [0.3, 0.4) is 0 Å². The molecule has 0 aromatic carbocycles. The number of aliphatic carboxylic acids is 1. The molecule has 0 fully saturated rings. The van der Waals surface area contributed by atoms with Crippen molar-refractivity contribution in [3.63, 3.8) is 0 Å². The van der Waals surface area contributed by atoms with E-state index in [0.29, 0.717) is 5.84 Å². The maximum Gasteiger partial charge on any atom is 0.273 e. The molecule has 1 amide bonds. The molecule has 2 aliphatic heterocycles. The van der Waals surface area contributed by atoms with E-state index in [4.69, 9.17) is 0 Å². The fourth-order valence-electron chi connectivity index (χ4n) is 1.71. The van der Waals surface area contributed by atoms with Gasteiger partial charge in [0.2, 0.25) is 0 Å². The lowest BCUT2D eigenvalue weighted by Gasteiger charge is -2.33. The van der Waals surface area contributed by atoms with Gasteiger partial charge >= 0.3 is 0 Å². The van der Waals surface area contributed by atoms with Crippen LogP contribution < -0.4 is 5.11 Å². The summed E-state index contributed by atoms with van der Waals surface area (Å²) in [5.74, 6) is -1.23. The Bertz CT molecular complexity index is 422. The predicted molar refractivity (Wildman–Crippen MR) is 50.6 cm³/mol. The summed E-state index contributed by atoms with van der Waals surface area (Å²) in [6.45, 7) is 1.55. The number of aliphatic imine (C=N–C) groups is 1. The van der Waals surface area contributed by atoms with E-state index in [1.165, 1.54) is 0 Å². The minimum Gasteiger partial charge on any atom is -0.550 e. The highest BCUT2D eigenvalue weighted by atomic mass is 16.4. The first-order chi connectivity index (χ1) is 7.04. The topological polar surface area (TPSA) is 72.8 Å². The molecule has 0 saturated heterocycles. The summed E-state index contributed by atoms with van der Waals surface area (Å²) in [6.07, 6.45) is 6.42. The molecule has 0 aliphatic carbocycles. The zero-order valence-electron chi connectivity index (χ0n) is 8.14. The lowest BCUT2D eigenvalue weighted by atomic mass is 9.95. The van der Waals surface area contributed by atoms with E-state index in [2.05, 4.69) is 4.99 Å². The molecule has 0 saturated carbocycles. The molecule has 0 bridgehead atoms. The molecule has 0 aromatic heterocycles. The van der Waals surface area contributed by atoms with Crippen LogP contribution in [-0.4, -0.2) is 28.2 Å². The van der Waals surface area contributed by atoms with Crippen molar-refractivity contribution in [2.45, 2.75) is 18.9 Å². The van der Waals surface area contributed by atoms with Crippen LogP contribution in [0.5, 0.6) is 0 Å². The van der Waals surface area contributed by atoms with Crippen LogP contribution in [0.4, 0.5) is 0 Å². The number of hydrogen-bond donors (Lipinski definition) is 0. The molecule has 0 N–H and O–H groups in total. The number of allylic oxidation sites excluding steroid dienone is 2. The fourth-order valence-corrected chi connectivity index (χ4v) is 1.71. The Kier molecular flexibility index (Phi) is 1.96. The van der Waals surface area contributed by atoms with E-state index < -0.39 is 17.4 Å². The van der Waals surface area contributed by atoms with E-state index in [-0.39, 0.29) is 6.42 Å². The number of nitrogens with zero attached hydrogens (tertiary/aromatic N) is 2. The Balaban J connectivity index is 2.36. The Hall–Kier alpha value is -1.91. The number of hydrogen-bond acceptors (Lipinski definition) is 4. The quantitative estimate of drug-likeness (QED) is 0.592. The van der Waals surface area contributed by atoms with Crippen molar-refractivity contribution in [1.82, 2.24) is 4.90 Å². The van der Waals surface area contributed by atoms with Crippen LogP contribution in [0.1, 0.15) is 13.3 Å².